The van der Waals surface area contributed by atoms with Gasteiger partial charge in [-0.1, -0.05) is 0 Å². The van der Waals surface area contributed by atoms with Crippen LogP contribution in [0.5, 0.6) is 0 Å². The van der Waals surface area contributed by atoms with Crippen molar-refractivity contribution in [3.63, 3.8) is 0 Å². The van der Waals surface area contributed by atoms with Crippen LogP contribution in [0.2, 0.25) is 0 Å². The monoisotopic (exact) mass is 429 g/mol. The first-order chi connectivity index (χ1) is 12.7. The maximum absolute atomic E-state index is 12.0. The lowest BCUT2D eigenvalue weighted by molar-refractivity contribution is -0.120. The van der Waals surface area contributed by atoms with Gasteiger partial charge in [0, 0.05) is 56.6 Å². The summed E-state index contributed by atoms with van der Waals surface area (Å²) in [7, 11) is 0. The molecule has 3 saturated heterocycles. The molecule has 156 valence electrons. The zero-order valence-corrected chi connectivity index (χ0v) is 17.6. The summed E-state index contributed by atoms with van der Waals surface area (Å²) in [5.74, 6) is -0.200. The summed E-state index contributed by atoms with van der Waals surface area (Å²) >= 11 is 0. The fourth-order valence-corrected chi connectivity index (χ4v) is 4.17. The molecule has 3 aliphatic rings. The number of hydrogen-bond donors (Lipinski definition) is 2. The van der Waals surface area contributed by atoms with Gasteiger partial charge in [-0.2, -0.15) is 0 Å². The number of benzene rings is 1. The van der Waals surface area contributed by atoms with Crippen LogP contribution < -0.4 is 20.4 Å². The molecule has 3 amide bonds. The topological polar surface area (TPSA) is 67.9 Å². The van der Waals surface area contributed by atoms with Crippen LogP contribution in [0.4, 0.5) is 16.2 Å². The van der Waals surface area contributed by atoms with Gasteiger partial charge in [-0.05, 0) is 50.2 Å². The fourth-order valence-electron chi connectivity index (χ4n) is 4.17. The maximum atomic E-state index is 12.0. The Morgan fingerprint density at radius 3 is 2.04 bits per heavy atom. The number of rotatable bonds is 3. The third-order valence-electron chi connectivity index (χ3n) is 5.72. The van der Waals surface area contributed by atoms with Gasteiger partial charge < -0.3 is 10.2 Å². The molecule has 0 radical (unpaired) electrons. The van der Waals surface area contributed by atoms with Gasteiger partial charge in [0.05, 0.1) is 0 Å². The Hall–Kier alpha value is -1.54. The van der Waals surface area contributed by atoms with Crippen molar-refractivity contribution in [3.05, 3.63) is 24.3 Å². The SMILES string of the molecule is Cl.Cl.O=C1CCN(c2ccc(N3CCN(C4CCNCC4)CC3)cc2)C(=O)N1. The molecule has 0 aliphatic carbocycles. The average molecular weight is 430 g/mol. The van der Waals surface area contributed by atoms with Crippen LogP contribution in [0.15, 0.2) is 24.3 Å². The molecule has 2 N–H and O–H groups in total. The summed E-state index contributed by atoms with van der Waals surface area (Å²) in [5, 5.41) is 5.81. The van der Waals surface area contributed by atoms with Gasteiger partial charge in [0.15, 0.2) is 0 Å². The number of nitrogens with zero attached hydrogens (tertiary/aromatic N) is 3. The summed E-state index contributed by atoms with van der Waals surface area (Å²) in [6.45, 7) is 7.04. The molecule has 0 spiro atoms. The second kappa shape index (κ2) is 10.3. The average Bonchev–Trinajstić information content (AvgIpc) is 2.69. The van der Waals surface area contributed by atoms with E-state index in [1.165, 1.54) is 18.5 Å². The quantitative estimate of drug-likeness (QED) is 0.767. The smallest absolute Gasteiger partial charge is 0.328 e. The second-order valence-electron chi connectivity index (χ2n) is 7.28. The molecule has 9 heteroatoms. The number of halogens is 2. The van der Waals surface area contributed by atoms with Crippen LogP contribution in [0.25, 0.3) is 0 Å². The third-order valence-corrected chi connectivity index (χ3v) is 5.72. The highest BCUT2D eigenvalue weighted by Crippen LogP contribution is 2.24. The van der Waals surface area contributed by atoms with Crippen molar-refractivity contribution < 1.29 is 9.59 Å². The minimum atomic E-state index is -0.329. The van der Waals surface area contributed by atoms with Crippen LogP contribution >= 0.6 is 24.8 Å². The van der Waals surface area contributed by atoms with Gasteiger partial charge >= 0.3 is 6.03 Å². The highest BCUT2D eigenvalue weighted by Gasteiger charge is 2.26. The van der Waals surface area contributed by atoms with E-state index < -0.39 is 0 Å². The summed E-state index contributed by atoms with van der Waals surface area (Å²) in [5.41, 5.74) is 2.04. The number of urea groups is 1. The molecule has 3 heterocycles. The number of hydrogen-bond acceptors (Lipinski definition) is 5. The molecule has 0 atom stereocenters. The summed E-state index contributed by atoms with van der Waals surface area (Å²) in [6, 6.07) is 8.53. The molecule has 3 aliphatic heterocycles. The van der Waals surface area contributed by atoms with Gasteiger partial charge in [-0.25, -0.2) is 4.79 Å². The molecule has 0 saturated carbocycles. The molecule has 3 fully saturated rings. The Labute approximate surface area is 178 Å². The van der Waals surface area contributed by atoms with E-state index >= 15 is 0 Å². The second-order valence-corrected chi connectivity index (χ2v) is 7.28. The Balaban J connectivity index is 0.00000140. The number of amides is 3. The minimum Gasteiger partial charge on any atom is -0.369 e. The first kappa shape index (κ1) is 22.7. The van der Waals surface area contributed by atoms with E-state index in [-0.39, 0.29) is 36.8 Å². The molecule has 4 rings (SSSR count). The van der Waals surface area contributed by atoms with E-state index in [0.29, 0.717) is 13.0 Å². The largest absolute Gasteiger partial charge is 0.369 e. The van der Waals surface area contributed by atoms with Crippen molar-refractivity contribution in [3.8, 4) is 0 Å². The van der Waals surface area contributed by atoms with E-state index in [1.54, 1.807) is 4.90 Å². The molecular weight excluding hydrogens is 401 g/mol. The van der Waals surface area contributed by atoms with Crippen molar-refractivity contribution in [2.45, 2.75) is 25.3 Å². The zero-order valence-electron chi connectivity index (χ0n) is 15.9. The Morgan fingerprint density at radius 2 is 1.43 bits per heavy atom. The Bertz CT molecular complexity index is 659. The summed E-state index contributed by atoms with van der Waals surface area (Å²) < 4.78 is 0. The van der Waals surface area contributed by atoms with E-state index in [9.17, 15) is 9.59 Å². The maximum Gasteiger partial charge on any atom is 0.328 e. The molecule has 0 bridgehead atoms. The van der Waals surface area contributed by atoms with Crippen molar-refractivity contribution in [1.29, 1.82) is 0 Å². The van der Waals surface area contributed by atoms with Gasteiger partial charge in [-0.15, -0.1) is 24.8 Å². The summed E-state index contributed by atoms with van der Waals surface area (Å²) in [6.07, 6.45) is 2.87. The number of piperidine rings is 1. The molecule has 0 aromatic heterocycles. The standard InChI is InChI=1S/C19H27N5O2.2ClH/c25-18-7-10-24(19(26)21-18)17-3-1-15(2-4-17)22-11-13-23(14-12-22)16-5-8-20-9-6-16;;/h1-4,16,20H,5-14H2,(H,21,25,26);2*1H. The highest BCUT2D eigenvalue weighted by molar-refractivity contribution is 6.05. The van der Waals surface area contributed by atoms with Gasteiger partial charge in [-0.3, -0.25) is 19.9 Å². The molecule has 28 heavy (non-hydrogen) atoms. The predicted octanol–water partition coefficient (Wildman–Crippen LogP) is 1.85. The summed E-state index contributed by atoms with van der Waals surface area (Å²) in [4.78, 5) is 29.9. The fraction of sp³-hybridized carbons (Fsp3) is 0.579. The number of carbonyl (C=O) groups excluding carboxylic acids is 2. The lowest BCUT2D eigenvalue weighted by Crippen LogP contribution is -2.52. The molecule has 1 aromatic rings. The van der Waals surface area contributed by atoms with E-state index in [2.05, 4.69) is 32.6 Å². The van der Waals surface area contributed by atoms with E-state index in [0.717, 1.165) is 51.0 Å². The molecule has 7 nitrogen and oxygen atoms in total. The van der Waals surface area contributed by atoms with Gasteiger partial charge in [0.2, 0.25) is 5.91 Å². The number of nitrogens with one attached hydrogen (secondary N) is 2. The number of imide groups is 1. The lowest BCUT2D eigenvalue weighted by atomic mass is 10.0. The van der Waals surface area contributed by atoms with Crippen molar-refractivity contribution in [2.24, 2.45) is 0 Å². The third kappa shape index (κ3) is 5.08. The van der Waals surface area contributed by atoms with Crippen LogP contribution in [-0.4, -0.2) is 68.7 Å². The number of piperazine rings is 1. The van der Waals surface area contributed by atoms with E-state index in [4.69, 9.17) is 0 Å². The van der Waals surface area contributed by atoms with Crippen LogP contribution in [0, 0.1) is 0 Å². The first-order valence-corrected chi connectivity index (χ1v) is 9.62. The van der Waals surface area contributed by atoms with Gasteiger partial charge in [0.1, 0.15) is 0 Å². The zero-order chi connectivity index (χ0) is 17.9. The minimum absolute atomic E-state index is 0. The normalized spacial score (nSPS) is 21.6. The molecule has 0 unspecified atom stereocenters. The Morgan fingerprint density at radius 1 is 0.821 bits per heavy atom. The predicted molar refractivity (Wildman–Crippen MR) is 116 cm³/mol. The van der Waals surface area contributed by atoms with Crippen LogP contribution in [0.1, 0.15) is 19.3 Å². The number of carbonyl (C=O) groups is 2. The van der Waals surface area contributed by atoms with E-state index in [1.807, 2.05) is 12.1 Å². The molecule has 1 aromatic carbocycles. The van der Waals surface area contributed by atoms with Crippen molar-refractivity contribution >= 4 is 48.1 Å². The highest BCUT2D eigenvalue weighted by atomic mass is 35.5. The number of anilines is 2. The van der Waals surface area contributed by atoms with Crippen molar-refractivity contribution in [1.82, 2.24) is 15.5 Å². The molecular formula is C19H29Cl2N5O2. The van der Waals surface area contributed by atoms with Crippen LogP contribution in [0.3, 0.4) is 0 Å². The van der Waals surface area contributed by atoms with Gasteiger partial charge in [0.25, 0.3) is 0 Å². The first-order valence-electron chi connectivity index (χ1n) is 9.62. The lowest BCUT2D eigenvalue weighted by Gasteiger charge is -2.41. The Kier molecular flexibility index (Phi) is 8.37. The van der Waals surface area contributed by atoms with Crippen LogP contribution in [-0.2, 0) is 4.79 Å². The van der Waals surface area contributed by atoms with Crippen molar-refractivity contribution in [2.75, 3.05) is 55.6 Å².